The Morgan fingerprint density at radius 2 is 1.95 bits per heavy atom. The van der Waals surface area contributed by atoms with Crippen LogP contribution in [0.25, 0.3) is 11.1 Å². The summed E-state index contributed by atoms with van der Waals surface area (Å²) >= 11 is 0. The average molecular weight is 257 g/mol. The molecule has 2 N–H and O–H groups in total. The van der Waals surface area contributed by atoms with E-state index in [-0.39, 0.29) is 22.4 Å². The summed E-state index contributed by atoms with van der Waals surface area (Å²) in [6.07, 6.45) is 0. The number of benzene rings is 2. The standard InChI is InChI=1S/C14H8FNO3/c15-12-3-1-9(14(18)19)6-11(12)8-2-4-13(17)10(5-8)7-16/h1-6,17H,(H,18,19). The molecule has 0 saturated carbocycles. The molecule has 2 aromatic carbocycles. The third-order valence-electron chi connectivity index (χ3n) is 2.64. The molecule has 0 heterocycles. The van der Waals surface area contributed by atoms with Crippen LogP contribution in [0, 0.1) is 17.1 Å². The van der Waals surface area contributed by atoms with Crippen LogP contribution < -0.4 is 0 Å². The van der Waals surface area contributed by atoms with Gasteiger partial charge in [-0.05, 0) is 35.9 Å². The minimum Gasteiger partial charge on any atom is -0.507 e. The van der Waals surface area contributed by atoms with E-state index in [9.17, 15) is 14.3 Å². The minimum atomic E-state index is -1.17. The van der Waals surface area contributed by atoms with Crippen LogP contribution in [0.15, 0.2) is 36.4 Å². The molecule has 19 heavy (non-hydrogen) atoms. The molecule has 2 aromatic rings. The fourth-order valence-corrected chi connectivity index (χ4v) is 1.67. The van der Waals surface area contributed by atoms with E-state index in [1.165, 1.54) is 24.3 Å². The highest BCUT2D eigenvalue weighted by Gasteiger charge is 2.11. The van der Waals surface area contributed by atoms with E-state index in [0.717, 1.165) is 12.1 Å². The number of phenolic OH excluding ortho intramolecular Hbond substituents is 1. The number of aromatic hydroxyl groups is 1. The first-order chi connectivity index (χ1) is 9.02. The van der Waals surface area contributed by atoms with Gasteiger partial charge >= 0.3 is 5.97 Å². The van der Waals surface area contributed by atoms with Crippen LogP contribution in [-0.4, -0.2) is 16.2 Å². The van der Waals surface area contributed by atoms with Crippen molar-refractivity contribution in [1.29, 1.82) is 5.26 Å². The number of carboxylic acids is 1. The zero-order valence-electron chi connectivity index (χ0n) is 9.59. The van der Waals surface area contributed by atoms with Crippen molar-refractivity contribution < 1.29 is 19.4 Å². The summed E-state index contributed by atoms with van der Waals surface area (Å²) in [6, 6.07) is 9.16. The monoisotopic (exact) mass is 257 g/mol. The van der Waals surface area contributed by atoms with Gasteiger partial charge in [0.25, 0.3) is 0 Å². The Morgan fingerprint density at radius 1 is 1.21 bits per heavy atom. The predicted molar refractivity (Wildman–Crippen MR) is 65.2 cm³/mol. The highest BCUT2D eigenvalue weighted by Crippen LogP contribution is 2.28. The molecule has 4 nitrogen and oxygen atoms in total. The predicted octanol–water partition coefficient (Wildman–Crippen LogP) is 2.77. The van der Waals surface area contributed by atoms with Gasteiger partial charge in [0, 0.05) is 5.56 Å². The van der Waals surface area contributed by atoms with Crippen molar-refractivity contribution in [2.45, 2.75) is 0 Å². The van der Waals surface area contributed by atoms with Gasteiger partial charge in [-0.25, -0.2) is 9.18 Å². The van der Waals surface area contributed by atoms with Gasteiger partial charge in [-0.15, -0.1) is 0 Å². The Labute approximate surface area is 108 Å². The zero-order valence-corrected chi connectivity index (χ0v) is 9.59. The molecule has 0 spiro atoms. The maximum atomic E-state index is 13.7. The topological polar surface area (TPSA) is 81.3 Å². The lowest BCUT2D eigenvalue weighted by Crippen LogP contribution is -1.97. The SMILES string of the molecule is N#Cc1cc(-c2cc(C(=O)O)ccc2F)ccc1O. The molecular weight excluding hydrogens is 249 g/mol. The number of halogens is 1. The summed E-state index contributed by atoms with van der Waals surface area (Å²) < 4.78 is 13.7. The molecule has 94 valence electrons. The summed E-state index contributed by atoms with van der Waals surface area (Å²) in [5.74, 6) is -1.97. The lowest BCUT2D eigenvalue weighted by Gasteiger charge is -2.06. The molecule has 0 amide bonds. The van der Waals surface area contributed by atoms with Crippen molar-refractivity contribution in [2.24, 2.45) is 0 Å². The Bertz CT molecular complexity index is 704. The number of nitrogens with zero attached hydrogens (tertiary/aromatic N) is 1. The maximum Gasteiger partial charge on any atom is 0.335 e. The average Bonchev–Trinajstić information content (AvgIpc) is 2.40. The fourth-order valence-electron chi connectivity index (χ4n) is 1.67. The summed E-state index contributed by atoms with van der Waals surface area (Å²) in [6.45, 7) is 0. The van der Waals surface area contributed by atoms with E-state index < -0.39 is 11.8 Å². The number of hydrogen-bond donors (Lipinski definition) is 2. The van der Waals surface area contributed by atoms with Crippen molar-refractivity contribution in [3.8, 4) is 22.9 Å². The first kappa shape index (κ1) is 12.6. The second-order valence-corrected chi connectivity index (χ2v) is 3.84. The van der Waals surface area contributed by atoms with Gasteiger partial charge in [-0.2, -0.15) is 5.26 Å². The smallest absolute Gasteiger partial charge is 0.335 e. The molecule has 2 rings (SSSR count). The van der Waals surface area contributed by atoms with E-state index >= 15 is 0 Å². The Balaban J connectivity index is 2.61. The number of nitriles is 1. The van der Waals surface area contributed by atoms with Gasteiger partial charge in [-0.1, -0.05) is 6.07 Å². The van der Waals surface area contributed by atoms with E-state index in [1.54, 1.807) is 6.07 Å². The Morgan fingerprint density at radius 3 is 2.58 bits per heavy atom. The highest BCUT2D eigenvalue weighted by atomic mass is 19.1. The number of aromatic carboxylic acids is 1. The van der Waals surface area contributed by atoms with Crippen LogP contribution in [0.1, 0.15) is 15.9 Å². The van der Waals surface area contributed by atoms with Gasteiger partial charge in [0.05, 0.1) is 11.1 Å². The Hall–Kier alpha value is -2.87. The third-order valence-corrected chi connectivity index (χ3v) is 2.64. The van der Waals surface area contributed by atoms with Crippen LogP contribution in [0.3, 0.4) is 0 Å². The van der Waals surface area contributed by atoms with Crippen LogP contribution >= 0.6 is 0 Å². The molecule has 0 fully saturated rings. The molecule has 0 aromatic heterocycles. The van der Waals surface area contributed by atoms with E-state index in [4.69, 9.17) is 10.4 Å². The fraction of sp³-hybridized carbons (Fsp3) is 0. The summed E-state index contributed by atoms with van der Waals surface area (Å²) in [5.41, 5.74) is 0.340. The summed E-state index contributed by atoms with van der Waals surface area (Å²) in [4.78, 5) is 10.9. The van der Waals surface area contributed by atoms with Crippen LogP contribution in [0.5, 0.6) is 5.75 Å². The zero-order chi connectivity index (χ0) is 14.0. The van der Waals surface area contributed by atoms with E-state index in [2.05, 4.69) is 0 Å². The molecule has 5 heteroatoms. The normalized spacial score (nSPS) is 9.89. The number of carbonyl (C=O) groups is 1. The molecule has 0 aliphatic carbocycles. The van der Waals surface area contributed by atoms with Gasteiger partial charge < -0.3 is 10.2 Å². The van der Waals surface area contributed by atoms with Crippen molar-refractivity contribution in [1.82, 2.24) is 0 Å². The largest absolute Gasteiger partial charge is 0.507 e. The van der Waals surface area contributed by atoms with E-state index in [0.29, 0.717) is 5.56 Å². The molecule has 0 radical (unpaired) electrons. The first-order valence-corrected chi connectivity index (χ1v) is 5.29. The maximum absolute atomic E-state index is 13.7. The third kappa shape index (κ3) is 2.38. The number of phenols is 1. The molecule has 0 bridgehead atoms. The number of hydrogen-bond acceptors (Lipinski definition) is 3. The minimum absolute atomic E-state index is 0.00220. The Kier molecular flexibility index (Phi) is 3.17. The lowest BCUT2D eigenvalue weighted by atomic mass is 10.0. The summed E-state index contributed by atoms with van der Waals surface area (Å²) in [7, 11) is 0. The number of carboxylic acid groups (broad SMARTS) is 1. The van der Waals surface area contributed by atoms with E-state index in [1.807, 2.05) is 0 Å². The van der Waals surface area contributed by atoms with Crippen molar-refractivity contribution >= 4 is 5.97 Å². The lowest BCUT2D eigenvalue weighted by molar-refractivity contribution is 0.0697. The molecule has 0 atom stereocenters. The van der Waals surface area contributed by atoms with Crippen LogP contribution in [0.2, 0.25) is 0 Å². The molecule has 0 unspecified atom stereocenters. The van der Waals surface area contributed by atoms with Gasteiger partial charge in [0.15, 0.2) is 0 Å². The van der Waals surface area contributed by atoms with Crippen molar-refractivity contribution in [3.05, 3.63) is 53.3 Å². The first-order valence-electron chi connectivity index (χ1n) is 5.29. The van der Waals surface area contributed by atoms with Gasteiger partial charge in [0.2, 0.25) is 0 Å². The van der Waals surface area contributed by atoms with Crippen molar-refractivity contribution in [3.63, 3.8) is 0 Å². The quantitative estimate of drug-likeness (QED) is 0.866. The number of rotatable bonds is 2. The van der Waals surface area contributed by atoms with Gasteiger partial charge in [0.1, 0.15) is 17.6 Å². The highest BCUT2D eigenvalue weighted by molar-refractivity contribution is 5.89. The molecule has 0 aliphatic rings. The second kappa shape index (κ2) is 4.78. The molecule has 0 saturated heterocycles. The summed E-state index contributed by atoms with van der Waals surface area (Å²) in [5, 5.41) is 27.1. The molecular formula is C14H8FNO3. The molecule has 0 aliphatic heterocycles. The second-order valence-electron chi connectivity index (χ2n) is 3.84. The van der Waals surface area contributed by atoms with Crippen LogP contribution in [-0.2, 0) is 0 Å². The van der Waals surface area contributed by atoms with Gasteiger partial charge in [-0.3, -0.25) is 0 Å². The van der Waals surface area contributed by atoms with Crippen LogP contribution in [0.4, 0.5) is 4.39 Å². The van der Waals surface area contributed by atoms with Crippen molar-refractivity contribution in [2.75, 3.05) is 0 Å².